The van der Waals surface area contributed by atoms with Crippen LogP contribution in [0.4, 0.5) is 0 Å². The van der Waals surface area contributed by atoms with Gasteiger partial charge in [-0.05, 0) is 20.8 Å². The fourth-order valence-electron chi connectivity index (χ4n) is 0.222. The molecule has 9 heavy (non-hydrogen) atoms. The first-order valence-corrected chi connectivity index (χ1v) is 2.87. The highest BCUT2D eigenvalue weighted by atomic mass is 15.1. The average molecular weight is 124 g/mol. The fraction of sp³-hybridized carbons (Fsp3) is 0.429. The van der Waals surface area contributed by atoms with Crippen molar-refractivity contribution >= 4 is 0 Å². The lowest BCUT2D eigenvalue weighted by atomic mass is 10.5. The number of hydrogen-bond acceptors (Lipinski definition) is 2. The van der Waals surface area contributed by atoms with Gasteiger partial charge in [0, 0.05) is 0 Å². The number of rotatable bonds is 2. The molecule has 2 heteroatoms. The van der Waals surface area contributed by atoms with Crippen LogP contribution in [0.2, 0.25) is 0 Å². The van der Waals surface area contributed by atoms with Gasteiger partial charge in [0.05, 0.1) is 11.4 Å². The van der Waals surface area contributed by atoms with Crippen LogP contribution in [-0.2, 0) is 0 Å². The molecule has 0 saturated heterocycles. The first-order valence-electron chi connectivity index (χ1n) is 2.87. The zero-order valence-corrected chi connectivity index (χ0v) is 6.18. The Morgan fingerprint density at radius 3 is 2.22 bits per heavy atom. The van der Waals surface area contributed by atoms with Crippen LogP contribution in [0.5, 0.6) is 0 Å². The minimum absolute atomic E-state index is 0.733. The fourth-order valence-corrected chi connectivity index (χ4v) is 0.222. The van der Waals surface area contributed by atoms with E-state index in [2.05, 4.69) is 16.8 Å². The van der Waals surface area contributed by atoms with Crippen LogP contribution < -0.4 is 0 Å². The molecule has 0 unspecified atom stereocenters. The smallest absolute Gasteiger partial charge is 0.0557 e. The summed E-state index contributed by atoms with van der Waals surface area (Å²) in [6, 6.07) is 0. The number of allylic oxidation sites excluding steroid dienone is 3. The average Bonchev–Trinajstić information content (AvgIpc) is 1.83. The molecule has 0 saturated carbocycles. The molecule has 0 amide bonds. The van der Waals surface area contributed by atoms with Gasteiger partial charge >= 0.3 is 0 Å². The predicted molar refractivity (Wildman–Crippen MR) is 39.1 cm³/mol. The van der Waals surface area contributed by atoms with E-state index in [1.807, 2.05) is 26.8 Å². The van der Waals surface area contributed by atoms with Crippen LogP contribution in [0.3, 0.4) is 0 Å². The summed E-state index contributed by atoms with van der Waals surface area (Å²) in [5.74, 6) is 0. The third-order valence-corrected chi connectivity index (χ3v) is 0.796. The summed E-state index contributed by atoms with van der Waals surface area (Å²) < 4.78 is 0. The van der Waals surface area contributed by atoms with Crippen molar-refractivity contribution in [2.75, 3.05) is 0 Å². The van der Waals surface area contributed by atoms with Gasteiger partial charge < -0.3 is 0 Å². The maximum Gasteiger partial charge on any atom is 0.0557 e. The highest BCUT2D eigenvalue weighted by molar-refractivity contribution is 4.93. The molecule has 0 rings (SSSR count). The molecule has 0 heterocycles. The molecule has 0 aromatic rings. The molecule has 0 N–H and O–H groups in total. The van der Waals surface area contributed by atoms with E-state index in [1.165, 1.54) is 0 Å². The van der Waals surface area contributed by atoms with E-state index >= 15 is 0 Å². The lowest BCUT2D eigenvalue weighted by Gasteiger charge is -1.85. The zero-order valence-electron chi connectivity index (χ0n) is 6.18. The van der Waals surface area contributed by atoms with Crippen molar-refractivity contribution < 1.29 is 0 Å². The third kappa shape index (κ3) is 4.94. The molecule has 0 aliphatic heterocycles. The van der Waals surface area contributed by atoms with E-state index in [1.54, 1.807) is 0 Å². The van der Waals surface area contributed by atoms with Crippen LogP contribution >= 0.6 is 0 Å². The maximum absolute atomic E-state index is 3.83. The second kappa shape index (κ2) is 4.01. The molecule has 0 aromatic carbocycles. The Balaban J connectivity index is 3.86. The minimum atomic E-state index is 0.733. The van der Waals surface area contributed by atoms with Crippen molar-refractivity contribution in [1.82, 2.24) is 0 Å². The van der Waals surface area contributed by atoms with E-state index in [0.717, 1.165) is 11.4 Å². The molecule has 0 radical (unpaired) electrons. The Morgan fingerprint density at radius 1 is 1.33 bits per heavy atom. The monoisotopic (exact) mass is 124 g/mol. The molecule has 0 spiro atoms. The normalized spacial score (nSPS) is 12.6. The van der Waals surface area contributed by atoms with E-state index in [0.29, 0.717) is 0 Å². The van der Waals surface area contributed by atoms with Gasteiger partial charge in [-0.3, -0.25) is 0 Å². The lowest BCUT2D eigenvalue weighted by molar-refractivity contribution is 1.06. The van der Waals surface area contributed by atoms with E-state index in [9.17, 15) is 0 Å². The molecule has 0 atom stereocenters. The summed E-state index contributed by atoms with van der Waals surface area (Å²) in [5.41, 5.74) is 1.65. The zero-order chi connectivity index (χ0) is 7.28. The van der Waals surface area contributed by atoms with Gasteiger partial charge in [-0.2, -0.15) is 10.2 Å². The number of hydrogen-bond donors (Lipinski definition) is 0. The molecule has 0 bridgehead atoms. The summed E-state index contributed by atoms with van der Waals surface area (Å²) >= 11 is 0. The first kappa shape index (κ1) is 8.08. The van der Waals surface area contributed by atoms with Crippen molar-refractivity contribution in [2.24, 2.45) is 10.2 Å². The van der Waals surface area contributed by atoms with E-state index in [-0.39, 0.29) is 0 Å². The second-order valence-corrected chi connectivity index (χ2v) is 1.87. The number of azo groups is 1. The standard InChI is InChI=1S/C7H12N2/c1-5-7(4)9-8-6(2)3/h5H,2H2,1,3-4H3/b7-5-,9-8?. The van der Waals surface area contributed by atoms with Crippen LogP contribution in [0.15, 0.2) is 34.3 Å². The summed E-state index contributed by atoms with van der Waals surface area (Å²) in [7, 11) is 0. The molecule has 0 aromatic heterocycles. The van der Waals surface area contributed by atoms with Crippen LogP contribution in [-0.4, -0.2) is 0 Å². The van der Waals surface area contributed by atoms with Crippen molar-refractivity contribution in [3.05, 3.63) is 24.0 Å². The summed E-state index contributed by atoms with van der Waals surface area (Å²) in [6.07, 6.45) is 1.90. The second-order valence-electron chi connectivity index (χ2n) is 1.87. The summed E-state index contributed by atoms with van der Waals surface area (Å²) in [6.45, 7) is 9.20. The highest BCUT2D eigenvalue weighted by Crippen LogP contribution is 1.98. The molecule has 0 aliphatic carbocycles. The maximum atomic E-state index is 3.83. The van der Waals surface area contributed by atoms with Gasteiger partial charge in [0.15, 0.2) is 0 Å². The minimum Gasteiger partial charge on any atom is -0.156 e. The third-order valence-electron chi connectivity index (χ3n) is 0.796. The molecule has 2 nitrogen and oxygen atoms in total. The largest absolute Gasteiger partial charge is 0.156 e. The Kier molecular flexibility index (Phi) is 3.60. The molecular formula is C7H12N2. The Bertz CT molecular complexity index is 154. The molecule has 0 fully saturated rings. The van der Waals surface area contributed by atoms with Crippen molar-refractivity contribution in [3.63, 3.8) is 0 Å². The SMILES string of the molecule is C=C(C)N=N/C(C)=C\C. The Hall–Kier alpha value is -0.920. The van der Waals surface area contributed by atoms with Crippen LogP contribution in [0.25, 0.3) is 0 Å². The van der Waals surface area contributed by atoms with Crippen molar-refractivity contribution in [2.45, 2.75) is 20.8 Å². The lowest BCUT2D eigenvalue weighted by Crippen LogP contribution is -1.64. The summed E-state index contributed by atoms with van der Waals surface area (Å²) in [5, 5.41) is 7.59. The van der Waals surface area contributed by atoms with Gasteiger partial charge in [-0.1, -0.05) is 12.7 Å². The Labute approximate surface area is 56.0 Å². The van der Waals surface area contributed by atoms with Gasteiger partial charge in [-0.15, -0.1) is 0 Å². The van der Waals surface area contributed by atoms with E-state index < -0.39 is 0 Å². The van der Waals surface area contributed by atoms with Gasteiger partial charge in [0.1, 0.15) is 0 Å². The predicted octanol–water partition coefficient (Wildman–Crippen LogP) is 2.90. The van der Waals surface area contributed by atoms with Crippen molar-refractivity contribution in [3.8, 4) is 0 Å². The van der Waals surface area contributed by atoms with Crippen molar-refractivity contribution in [1.29, 1.82) is 0 Å². The molecule has 0 aliphatic rings. The highest BCUT2D eigenvalue weighted by Gasteiger charge is 1.78. The van der Waals surface area contributed by atoms with Crippen LogP contribution in [0.1, 0.15) is 20.8 Å². The van der Waals surface area contributed by atoms with E-state index in [4.69, 9.17) is 0 Å². The number of nitrogens with zero attached hydrogens (tertiary/aromatic N) is 2. The van der Waals surface area contributed by atoms with Crippen LogP contribution in [0, 0.1) is 0 Å². The molecule has 50 valence electrons. The van der Waals surface area contributed by atoms with Gasteiger partial charge in [-0.25, -0.2) is 0 Å². The Morgan fingerprint density at radius 2 is 1.89 bits per heavy atom. The van der Waals surface area contributed by atoms with Gasteiger partial charge in [0.25, 0.3) is 0 Å². The first-order chi connectivity index (χ1) is 4.16. The van der Waals surface area contributed by atoms with Gasteiger partial charge in [0.2, 0.25) is 0 Å². The molecular weight excluding hydrogens is 112 g/mol. The quantitative estimate of drug-likeness (QED) is 0.506. The topological polar surface area (TPSA) is 24.7 Å². The summed E-state index contributed by atoms with van der Waals surface area (Å²) in [4.78, 5) is 0.